The molecule has 0 aliphatic heterocycles. The van der Waals surface area contributed by atoms with Crippen molar-refractivity contribution < 1.29 is 19.2 Å². The number of carbonyl (C=O) groups excluding carboxylic acids is 1. The summed E-state index contributed by atoms with van der Waals surface area (Å²) in [5.41, 5.74) is 1.96. The number of rotatable bonds is 8. The molecule has 1 heterocycles. The largest absolute Gasteiger partial charge is 0.471 e. The lowest BCUT2D eigenvalue weighted by molar-refractivity contribution is -0.384. The minimum Gasteiger partial charge on any atom is -0.471 e. The second-order valence-electron chi connectivity index (χ2n) is 7.77. The Bertz CT molecular complexity index is 1400. The molecule has 1 aromatic heterocycles. The van der Waals surface area contributed by atoms with Gasteiger partial charge in [0.1, 0.15) is 17.2 Å². The number of ether oxygens (including phenoxy) is 2. The molecule has 10 heteroatoms. The molecular weight excluding hydrogens is 472 g/mol. The van der Waals surface area contributed by atoms with E-state index in [9.17, 15) is 14.9 Å². The highest BCUT2D eigenvalue weighted by atomic mass is 35.5. The molecule has 3 aromatic carbocycles. The van der Waals surface area contributed by atoms with E-state index < -0.39 is 10.8 Å². The zero-order chi connectivity index (χ0) is 24.9. The van der Waals surface area contributed by atoms with Gasteiger partial charge in [-0.05, 0) is 61.4 Å². The predicted molar refractivity (Wildman–Crippen MR) is 131 cm³/mol. The van der Waals surface area contributed by atoms with E-state index in [0.717, 1.165) is 11.1 Å². The van der Waals surface area contributed by atoms with Crippen LogP contribution in [0.4, 0.5) is 11.4 Å². The van der Waals surface area contributed by atoms with Crippen molar-refractivity contribution in [3.05, 3.63) is 105 Å². The van der Waals surface area contributed by atoms with Gasteiger partial charge in [0, 0.05) is 23.4 Å². The molecular formula is C25H21ClN4O5. The van der Waals surface area contributed by atoms with Crippen LogP contribution in [0.2, 0.25) is 5.02 Å². The quantitative estimate of drug-likeness (QED) is 0.233. The maximum absolute atomic E-state index is 12.7. The molecule has 0 atom stereocenters. The van der Waals surface area contributed by atoms with Gasteiger partial charge in [-0.1, -0.05) is 23.7 Å². The van der Waals surface area contributed by atoms with Gasteiger partial charge in [0.25, 0.3) is 11.6 Å². The van der Waals surface area contributed by atoms with E-state index in [1.165, 1.54) is 28.9 Å². The van der Waals surface area contributed by atoms with Crippen LogP contribution < -0.4 is 14.8 Å². The number of hydrogen-bond donors (Lipinski definition) is 1. The summed E-state index contributed by atoms with van der Waals surface area (Å²) in [6, 6.07) is 18.1. The van der Waals surface area contributed by atoms with Crippen LogP contribution in [-0.4, -0.2) is 20.6 Å². The summed E-state index contributed by atoms with van der Waals surface area (Å²) in [5.74, 6) is 0.828. The number of non-ortho nitro benzene ring substituents is 1. The molecule has 0 bridgehead atoms. The van der Waals surface area contributed by atoms with Gasteiger partial charge in [0.05, 0.1) is 16.7 Å². The minimum atomic E-state index is -0.552. The fraction of sp³-hybridized carbons (Fsp3) is 0.120. The summed E-state index contributed by atoms with van der Waals surface area (Å²) in [7, 11) is 0. The van der Waals surface area contributed by atoms with Crippen LogP contribution in [0.15, 0.2) is 72.9 Å². The van der Waals surface area contributed by atoms with Crippen LogP contribution in [0.1, 0.15) is 21.6 Å². The van der Waals surface area contributed by atoms with Gasteiger partial charge in [-0.15, -0.1) is 0 Å². The Morgan fingerprint density at radius 1 is 1.06 bits per heavy atom. The molecule has 0 fully saturated rings. The molecule has 0 spiro atoms. The van der Waals surface area contributed by atoms with Crippen LogP contribution in [0.3, 0.4) is 0 Å². The van der Waals surface area contributed by atoms with Crippen LogP contribution in [0.25, 0.3) is 0 Å². The Balaban J connectivity index is 1.46. The van der Waals surface area contributed by atoms with Gasteiger partial charge in [0.15, 0.2) is 12.4 Å². The fourth-order valence-electron chi connectivity index (χ4n) is 3.23. The molecule has 0 unspecified atom stereocenters. The number of carbonyl (C=O) groups is 1. The Labute approximate surface area is 206 Å². The molecule has 9 nitrogen and oxygen atoms in total. The van der Waals surface area contributed by atoms with E-state index in [1.54, 1.807) is 36.5 Å². The first-order valence-corrected chi connectivity index (χ1v) is 10.9. The highest BCUT2D eigenvalue weighted by Gasteiger charge is 2.16. The molecule has 0 aliphatic rings. The number of hydrogen-bond acceptors (Lipinski definition) is 6. The van der Waals surface area contributed by atoms with Gasteiger partial charge < -0.3 is 14.8 Å². The van der Waals surface area contributed by atoms with Gasteiger partial charge >= 0.3 is 0 Å². The predicted octanol–water partition coefficient (Wildman–Crippen LogP) is 6.14. The van der Waals surface area contributed by atoms with E-state index in [4.69, 9.17) is 21.1 Å². The van der Waals surface area contributed by atoms with Crippen molar-refractivity contribution in [2.24, 2.45) is 0 Å². The molecule has 0 radical (unpaired) electrons. The van der Waals surface area contributed by atoms with Gasteiger partial charge in [-0.2, -0.15) is 5.10 Å². The maximum atomic E-state index is 12.7. The average Bonchev–Trinajstić information content (AvgIpc) is 3.29. The first-order chi connectivity index (χ1) is 16.8. The molecule has 178 valence electrons. The Morgan fingerprint density at radius 3 is 2.63 bits per heavy atom. The number of amides is 1. The van der Waals surface area contributed by atoms with Crippen LogP contribution >= 0.6 is 11.6 Å². The molecule has 1 amide bonds. The van der Waals surface area contributed by atoms with Crippen LogP contribution in [0, 0.1) is 24.0 Å². The van der Waals surface area contributed by atoms with Crippen molar-refractivity contribution in [1.29, 1.82) is 0 Å². The Kier molecular flexibility index (Phi) is 6.98. The number of nitrogens with zero attached hydrogens (tertiary/aromatic N) is 3. The fourth-order valence-corrected chi connectivity index (χ4v) is 3.35. The van der Waals surface area contributed by atoms with E-state index in [1.807, 2.05) is 26.0 Å². The number of halogens is 1. The lowest BCUT2D eigenvalue weighted by Crippen LogP contribution is -2.14. The summed E-state index contributed by atoms with van der Waals surface area (Å²) in [4.78, 5) is 23.6. The summed E-state index contributed by atoms with van der Waals surface area (Å²) in [6.45, 7) is 3.86. The third kappa shape index (κ3) is 6.15. The number of aryl methyl sites for hydroxylation is 2. The topological polar surface area (TPSA) is 109 Å². The van der Waals surface area contributed by atoms with Crippen LogP contribution in [0.5, 0.6) is 17.2 Å². The SMILES string of the molecule is Cc1cccc(Oc2cc(NC(=O)c3ccn(COc4ccc(Cl)c(C)c4)n3)cc([N+](=O)[O-])c2)c1. The number of benzene rings is 3. The second-order valence-corrected chi connectivity index (χ2v) is 8.18. The monoisotopic (exact) mass is 492 g/mol. The summed E-state index contributed by atoms with van der Waals surface area (Å²) in [6.07, 6.45) is 1.59. The lowest BCUT2D eigenvalue weighted by atomic mass is 10.2. The van der Waals surface area contributed by atoms with Crippen molar-refractivity contribution in [3.8, 4) is 17.2 Å². The standard InChI is InChI=1S/C25H21ClN4O5/c1-16-4-3-5-21(10-16)35-22-13-18(12-19(14-22)30(32)33)27-25(31)24-8-9-29(28-24)15-34-20-6-7-23(26)17(2)11-20/h3-14H,15H2,1-2H3,(H,27,31). The molecule has 1 N–H and O–H groups in total. The number of nitro groups is 1. The number of anilines is 1. The Morgan fingerprint density at radius 2 is 1.89 bits per heavy atom. The van der Waals surface area contributed by atoms with E-state index >= 15 is 0 Å². The molecule has 35 heavy (non-hydrogen) atoms. The van der Waals surface area contributed by atoms with Gasteiger partial charge in [-0.3, -0.25) is 14.9 Å². The van der Waals surface area contributed by atoms with Crippen LogP contribution in [-0.2, 0) is 6.73 Å². The highest BCUT2D eigenvalue weighted by molar-refractivity contribution is 6.31. The van der Waals surface area contributed by atoms with Crippen molar-refractivity contribution in [2.75, 3.05) is 5.32 Å². The van der Waals surface area contributed by atoms with Crippen molar-refractivity contribution >= 4 is 28.9 Å². The minimum absolute atomic E-state index is 0.0830. The van der Waals surface area contributed by atoms with Crippen molar-refractivity contribution in [1.82, 2.24) is 9.78 Å². The Hall–Kier alpha value is -4.37. The second kappa shape index (κ2) is 10.3. The van der Waals surface area contributed by atoms with Crippen molar-refractivity contribution in [3.63, 3.8) is 0 Å². The maximum Gasteiger partial charge on any atom is 0.276 e. The number of nitro benzene ring substituents is 1. The van der Waals surface area contributed by atoms with Gasteiger partial charge in [-0.25, -0.2) is 4.68 Å². The van der Waals surface area contributed by atoms with E-state index in [0.29, 0.717) is 16.5 Å². The van der Waals surface area contributed by atoms with Crippen molar-refractivity contribution in [2.45, 2.75) is 20.6 Å². The molecule has 0 saturated carbocycles. The molecule has 0 saturated heterocycles. The summed E-state index contributed by atoms with van der Waals surface area (Å²) < 4.78 is 12.9. The molecule has 4 rings (SSSR count). The first-order valence-electron chi connectivity index (χ1n) is 10.5. The smallest absolute Gasteiger partial charge is 0.276 e. The number of nitrogens with one attached hydrogen (secondary N) is 1. The summed E-state index contributed by atoms with van der Waals surface area (Å²) in [5, 5.41) is 18.9. The third-order valence-corrected chi connectivity index (χ3v) is 5.38. The van der Waals surface area contributed by atoms with E-state index in [2.05, 4.69) is 10.4 Å². The van der Waals surface area contributed by atoms with E-state index in [-0.39, 0.29) is 29.5 Å². The highest BCUT2D eigenvalue weighted by Crippen LogP contribution is 2.30. The zero-order valence-corrected chi connectivity index (χ0v) is 19.7. The molecule has 4 aromatic rings. The summed E-state index contributed by atoms with van der Waals surface area (Å²) >= 11 is 6.02. The zero-order valence-electron chi connectivity index (χ0n) is 18.9. The normalized spacial score (nSPS) is 10.6. The number of aromatic nitrogens is 2. The lowest BCUT2D eigenvalue weighted by Gasteiger charge is -2.09. The van der Waals surface area contributed by atoms with Gasteiger partial charge in [0.2, 0.25) is 0 Å². The molecule has 0 aliphatic carbocycles. The average molecular weight is 493 g/mol. The first kappa shape index (κ1) is 23.8. The third-order valence-electron chi connectivity index (χ3n) is 4.95.